The molecule has 3 N–H and O–H groups in total. The Balaban J connectivity index is 1.42. The van der Waals surface area contributed by atoms with E-state index in [9.17, 15) is 14.0 Å². The fourth-order valence-electron chi connectivity index (χ4n) is 3.48. The zero-order chi connectivity index (χ0) is 19.7. The van der Waals surface area contributed by atoms with E-state index >= 15 is 0 Å². The Morgan fingerprint density at radius 1 is 1.14 bits per heavy atom. The van der Waals surface area contributed by atoms with E-state index in [4.69, 9.17) is 9.63 Å². The average Bonchev–Trinajstić information content (AvgIpc) is 3.41. The molecule has 8 nitrogen and oxygen atoms in total. The highest BCUT2D eigenvalue weighted by Crippen LogP contribution is 2.39. The van der Waals surface area contributed by atoms with Gasteiger partial charge in [-0.2, -0.15) is 4.98 Å². The van der Waals surface area contributed by atoms with Crippen LogP contribution >= 0.6 is 0 Å². The van der Waals surface area contributed by atoms with E-state index in [2.05, 4.69) is 20.8 Å². The average molecular weight is 388 g/mol. The summed E-state index contributed by atoms with van der Waals surface area (Å²) in [6, 6.07) is 3.41. The topological polar surface area (TPSA) is 117 Å². The molecule has 1 aromatic heterocycles. The summed E-state index contributed by atoms with van der Waals surface area (Å²) in [4.78, 5) is 27.7. The largest absolute Gasteiger partial charge is 0.481 e. The molecule has 4 rings (SSSR count). The van der Waals surface area contributed by atoms with Crippen molar-refractivity contribution in [1.29, 1.82) is 0 Å². The molecule has 148 valence electrons. The Hall–Kier alpha value is -2.97. The summed E-state index contributed by atoms with van der Waals surface area (Å²) < 4.78 is 19.0. The van der Waals surface area contributed by atoms with Crippen LogP contribution in [-0.4, -0.2) is 33.3 Å². The third-order valence-electron chi connectivity index (χ3n) is 5.26. The van der Waals surface area contributed by atoms with E-state index in [1.807, 2.05) is 0 Å². The van der Waals surface area contributed by atoms with E-state index in [0.29, 0.717) is 48.7 Å². The lowest BCUT2D eigenvalue weighted by atomic mass is 9.86. The maximum atomic E-state index is 13.8. The molecule has 0 radical (unpaired) electrons. The predicted molar refractivity (Wildman–Crippen MR) is 97.2 cm³/mol. The molecule has 1 aromatic carbocycles. The molecule has 2 aliphatic carbocycles. The number of halogens is 1. The molecule has 2 aromatic rings. The van der Waals surface area contributed by atoms with Crippen LogP contribution in [0.4, 0.5) is 14.9 Å². The highest BCUT2D eigenvalue weighted by molar-refractivity contribution is 5.93. The number of anilines is 1. The first kappa shape index (κ1) is 18.4. The Labute approximate surface area is 160 Å². The first-order valence-electron chi connectivity index (χ1n) is 9.43. The van der Waals surface area contributed by atoms with Gasteiger partial charge in [0.15, 0.2) is 5.82 Å². The van der Waals surface area contributed by atoms with E-state index in [1.165, 1.54) is 18.2 Å². The second kappa shape index (κ2) is 7.57. The smallest absolute Gasteiger partial charge is 0.319 e. The van der Waals surface area contributed by atoms with Gasteiger partial charge in [-0.05, 0) is 56.7 Å². The molecule has 2 saturated carbocycles. The lowest BCUT2D eigenvalue weighted by Crippen LogP contribution is -2.41. The van der Waals surface area contributed by atoms with Crippen LogP contribution in [0.5, 0.6) is 0 Å². The number of benzene rings is 1. The van der Waals surface area contributed by atoms with Crippen molar-refractivity contribution in [3.63, 3.8) is 0 Å². The monoisotopic (exact) mass is 388 g/mol. The second-order valence-corrected chi connectivity index (χ2v) is 7.41. The van der Waals surface area contributed by atoms with E-state index < -0.39 is 17.8 Å². The molecule has 2 aliphatic rings. The number of urea groups is 1. The number of aliphatic carboxylic acids is 1. The van der Waals surface area contributed by atoms with E-state index in [0.717, 1.165) is 12.8 Å². The normalized spacial score (nSPS) is 21.9. The number of carbonyl (C=O) groups is 2. The van der Waals surface area contributed by atoms with Gasteiger partial charge in [0, 0.05) is 12.0 Å². The minimum atomic E-state index is -0.788. The lowest BCUT2D eigenvalue weighted by molar-refractivity contribution is -0.142. The molecular weight excluding hydrogens is 367 g/mol. The van der Waals surface area contributed by atoms with Gasteiger partial charge in [-0.15, -0.1) is 0 Å². The standard InChI is InChI=1S/C19H21FN4O4/c20-12-5-8-15(14(9-12)17-23-16(24-28-17)10-1-2-10)22-19(27)21-13-6-3-11(4-7-13)18(25)26/h5,8-11,13H,1-4,6-7H2,(H,25,26)(H2,21,22,27). The predicted octanol–water partition coefficient (Wildman–Crippen LogP) is 3.52. The SMILES string of the molecule is O=C(Nc1ccc(F)cc1-c1nc(C2CC2)no1)NC1CCC(C(=O)O)CC1. The Morgan fingerprint density at radius 3 is 2.57 bits per heavy atom. The molecule has 1 heterocycles. The van der Waals surface area contributed by atoms with Gasteiger partial charge in [0.25, 0.3) is 5.89 Å². The number of carbonyl (C=O) groups excluding carboxylic acids is 1. The first-order chi connectivity index (χ1) is 13.5. The molecule has 0 atom stereocenters. The minimum Gasteiger partial charge on any atom is -0.481 e. The van der Waals surface area contributed by atoms with Gasteiger partial charge in [-0.3, -0.25) is 4.79 Å². The van der Waals surface area contributed by atoms with Crippen LogP contribution in [0.15, 0.2) is 22.7 Å². The Bertz CT molecular complexity index is 888. The number of hydrogen-bond donors (Lipinski definition) is 3. The summed E-state index contributed by atoms with van der Waals surface area (Å²) >= 11 is 0. The molecule has 2 fully saturated rings. The van der Waals surface area contributed by atoms with Crippen LogP contribution in [0.25, 0.3) is 11.5 Å². The van der Waals surface area contributed by atoms with Crippen molar-refractivity contribution in [3.8, 4) is 11.5 Å². The molecule has 0 spiro atoms. The summed E-state index contributed by atoms with van der Waals surface area (Å²) in [5, 5.41) is 18.5. The van der Waals surface area contributed by atoms with Crippen molar-refractivity contribution >= 4 is 17.7 Å². The van der Waals surface area contributed by atoms with Crippen LogP contribution in [-0.2, 0) is 4.79 Å². The summed E-state index contributed by atoms with van der Waals surface area (Å²) in [6.45, 7) is 0. The van der Waals surface area contributed by atoms with Crippen LogP contribution in [0.2, 0.25) is 0 Å². The highest BCUT2D eigenvalue weighted by Gasteiger charge is 2.30. The number of nitrogens with one attached hydrogen (secondary N) is 2. The van der Waals surface area contributed by atoms with Crippen molar-refractivity contribution in [2.75, 3.05) is 5.32 Å². The van der Waals surface area contributed by atoms with Gasteiger partial charge in [0.05, 0.1) is 17.2 Å². The zero-order valence-electron chi connectivity index (χ0n) is 15.2. The van der Waals surface area contributed by atoms with E-state index in [-0.39, 0.29) is 17.9 Å². The highest BCUT2D eigenvalue weighted by atomic mass is 19.1. The zero-order valence-corrected chi connectivity index (χ0v) is 15.2. The number of amides is 2. The first-order valence-corrected chi connectivity index (χ1v) is 9.43. The molecule has 0 aliphatic heterocycles. The van der Waals surface area contributed by atoms with Gasteiger partial charge >= 0.3 is 12.0 Å². The van der Waals surface area contributed by atoms with Crippen LogP contribution in [0.3, 0.4) is 0 Å². The number of nitrogens with zero attached hydrogens (tertiary/aromatic N) is 2. The van der Waals surface area contributed by atoms with Crippen molar-refractivity contribution in [3.05, 3.63) is 29.8 Å². The maximum Gasteiger partial charge on any atom is 0.319 e. The van der Waals surface area contributed by atoms with Crippen molar-refractivity contribution in [1.82, 2.24) is 15.5 Å². The second-order valence-electron chi connectivity index (χ2n) is 7.41. The molecule has 0 bridgehead atoms. The number of hydrogen-bond acceptors (Lipinski definition) is 5. The van der Waals surface area contributed by atoms with Gasteiger partial charge < -0.3 is 20.3 Å². The van der Waals surface area contributed by atoms with Gasteiger partial charge in [-0.25, -0.2) is 9.18 Å². The molecular formula is C19H21FN4O4. The summed E-state index contributed by atoms with van der Waals surface area (Å²) in [6.07, 6.45) is 4.31. The van der Waals surface area contributed by atoms with Crippen LogP contribution < -0.4 is 10.6 Å². The summed E-state index contributed by atoms with van der Waals surface area (Å²) in [7, 11) is 0. The number of aromatic nitrogens is 2. The fourth-order valence-corrected chi connectivity index (χ4v) is 3.48. The molecule has 28 heavy (non-hydrogen) atoms. The molecule has 2 amide bonds. The molecule has 9 heteroatoms. The summed E-state index contributed by atoms with van der Waals surface area (Å²) in [5.41, 5.74) is 0.688. The van der Waals surface area contributed by atoms with Crippen molar-refractivity contribution < 1.29 is 23.6 Å². The van der Waals surface area contributed by atoms with E-state index in [1.54, 1.807) is 0 Å². The van der Waals surface area contributed by atoms with Gasteiger partial charge in [0.2, 0.25) is 0 Å². The third kappa shape index (κ3) is 4.13. The summed E-state index contributed by atoms with van der Waals surface area (Å²) in [5.74, 6) is -0.540. The number of carboxylic acids is 1. The molecule has 0 saturated heterocycles. The van der Waals surface area contributed by atoms with Gasteiger partial charge in [-0.1, -0.05) is 5.16 Å². The van der Waals surface area contributed by atoms with Crippen molar-refractivity contribution in [2.24, 2.45) is 5.92 Å². The van der Waals surface area contributed by atoms with Crippen LogP contribution in [0, 0.1) is 11.7 Å². The van der Waals surface area contributed by atoms with Crippen molar-refractivity contribution in [2.45, 2.75) is 50.5 Å². The van der Waals surface area contributed by atoms with Crippen LogP contribution in [0.1, 0.15) is 50.3 Å². The Kier molecular flexibility index (Phi) is 4.97. The van der Waals surface area contributed by atoms with Gasteiger partial charge in [0.1, 0.15) is 5.82 Å². The maximum absolute atomic E-state index is 13.8. The number of rotatable bonds is 5. The number of carboxylic acid groups (broad SMARTS) is 1. The molecule has 0 unspecified atom stereocenters. The minimum absolute atomic E-state index is 0.0932. The fraction of sp³-hybridized carbons (Fsp3) is 0.474. The quantitative estimate of drug-likeness (QED) is 0.721. The lowest BCUT2D eigenvalue weighted by Gasteiger charge is -2.26. The third-order valence-corrected chi connectivity index (χ3v) is 5.26. The Morgan fingerprint density at radius 2 is 1.89 bits per heavy atom.